The van der Waals surface area contributed by atoms with Crippen LogP contribution in [0.15, 0.2) is 29.2 Å². The predicted octanol–water partition coefficient (Wildman–Crippen LogP) is 2.87. The van der Waals surface area contributed by atoms with E-state index in [4.69, 9.17) is 0 Å². The third-order valence-corrected chi connectivity index (χ3v) is 5.82. The third-order valence-electron chi connectivity index (χ3n) is 4.74. The summed E-state index contributed by atoms with van der Waals surface area (Å²) in [6.07, 6.45) is 8.25. The molecule has 0 unspecified atom stereocenters. The van der Waals surface area contributed by atoms with Crippen LogP contribution in [0.25, 0.3) is 0 Å². The predicted molar refractivity (Wildman–Crippen MR) is 112 cm³/mol. The minimum Gasteiger partial charge on any atom is -0.355 e. The zero-order valence-electron chi connectivity index (χ0n) is 16.6. The average Bonchev–Trinajstić information content (AvgIpc) is 2.67. The van der Waals surface area contributed by atoms with Crippen molar-refractivity contribution < 1.29 is 14.4 Å². The first kappa shape index (κ1) is 22.3. The third kappa shape index (κ3) is 7.92. The number of thioether (sulfide) groups is 1. The maximum Gasteiger partial charge on any atom is 0.252 e. The van der Waals surface area contributed by atoms with Crippen LogP contribution in [0.1, 0.15) is 62.2 Å². The van der Waals surface area contributed by atoms with Gasteiger partial charge in [0.05, 0.1) is 17.9 Å². The molecule has 0 aliphatic heterocycles. The molecule has 28 heavy (non-hydrogen) atoms. The Kier molecular flexibility index (Phi) is 9.90. The zero-order chi connectivity index (χ0) is 20.2. The molecule has 1 fully saturated rings. The lowest BCUT2D eigenvalue weighted by molar-refractivity contribution is -0.120. The van der Waals surface area contributed by atoms with Gasteiger partial charge in [0.2, 0.25) is 11.8 Å². The summed E-state index contributed by atoms with van der Waals surface area (Å²) in [4.78, 5) is 37.0. The molecule has 0 atom stereocenters. The lowest BCUT2D eigenvalue weighted by Crippen LogP contribution is -2.37. The molecule has 0 saturated heterocycles. The molecular weight excluding hydrogens is 374 g/mol. The van der Waals surface area contributed by atoms with Crippen LogP contribution in [0.3, 0.4) is 0 Å². The summed E-state index contributed by atoms with van der Waals surface area (Å²) in [6.45, 7) is 2.29. The molecule has 1 saturated carbocycles. The molecule has 1 aliphatic rings. The van der Waals surface area contributed by atoms with Gasteiger partial charge in [-0.1, -0.05) is 44.2 Å². The van der Waals surface area contributed by atoms with Crippen LogP contribution in [0.5, 0.6) is 0 Å². The van der Waals surface area contributed by atoms with Crippen LogP contribution in [-0.4, -0.2) is 42.6 Å². The van der Waals surface area contributed by atoms with Gasteiger partial charge in [-0.05, 0) is 31.9 Å². The van der Waals surface area contributed by atoms with Crippen molar-refractivity contribution in [3.8, 4) is 0 Å². The molecule has 1 aliphatic carbocycles. The normalized spacial score (nSPS) is 15.2. The lowest BCUT2D eigenvalue weighted by atomic mass is 9.97. The van der Waals surface area contributed by atoms with E-state index in [1.54, 1.807) is 12.1 Å². The van der Waals surface area contributed by atoms with Gasteiger partial charge in [-0.3, -0.25) is 14.4 Å². The van der Waals surface area contributed by atoms with Crippen molar-refractivity contribution in [1.82, 2.24) is 16.0 Å². The minimum atomic E-state index is -0.310. The van der Waals surface area contributed by atoms with Crippen LogP contribution in [-0.2, 0) is 9.59 Å². The second-order valence-corrected chi connectivity index (χ2v) is 8.05. The second-order valence-electron chi connectivity index (χ2n) is 7.03. The standard InChI is InChI=1S/C21H31N3O3S/c1-2-22-19(25)14-23-21(27)17-12-8-9-13-18(17)28-15-20(26)24-16-10-6-4-3-5-7-11-16/h8-9,12-13,16H,2-7,10-11,14-15H2,1H3,(H,22,25)(H,23,27)(H,24,26). The molecule has 2 rings (SSSR count). The maximum atomic E-state index is 12.4. The smallest absolute Gasteiger partial charge is 0.252 e. The maximum absolute atomic E-state index is 12.4. The van der Waals surface area contributed by atoms with Gasteiger partial charge in [-0.2, -0.15) is 0 Å². The van der Waals surface area contributed by atoms with E-state index >= 15 is 0 Å². The molecule has 0 bridgehead atoms. The topological polar surface area (TPSA) is 87.3 Å². The monoisotopic (exact) mass is 405 g/mol. The Morgan fingerprint density at radius 2 is 1.64 bits per heavy atom. The highest BCUT2D eigenvalue weighted by Crippen LogP contribution is 2.23. The van der Waals surface area contributed by atoms with Crippen molar-refractivity contribution in [3.63, 3.8) is 0 Å². The molecule has 3 N–H and O–H groups in total. The van der Waals surface area contributed by atoms with Gasteiger partial charge >= 0.3 is 0 Å². The van der Waals surface area contributed by atoms with Gasteiger partial charge in [0, 0.05) is 17.5 Å². The van der Waals surface area contributed by atoms with Gasteiger partial charge in [-0.25, -0.2) is 0 Å². The van der Waals surface area contributed by atoms with E-state index in [1.807, 2.05) is 19.1 Å². The molecule has 0 radical (unpaired) electrons. The van der Waals surface area contributed by atoms with Gasteiger partial charge in [0.25, 0.3) is 5.91 Å². The van der Waals surface area contributed by atoms with Crippen molar-refractivity contribution in [3.05, 3.63) is 29.8 Å². The largest absolute Gasteiger partial charge is 0.355 e. The van der Waals surface area contributed by atoms with E-state index < -0.39 is 0 Å². The minimum absolute atomic E-state index is 0.00751. The Balaban J connectivity index is 1.85. The number of amides is 3. The van der Waals surface area contributed by atoms with E-state index in [-0.39, 0.29) is 36.1 Å². The molecule has 154 valence electrons. The molecule has 1 aromatic rings. The average molecular weight is 406 g/mol. The highest BCUT2D eigenvalue weighted by molar-refractivity contribution is 8.00. The summed E-state index contributed by atoms with van der Waals surface area (Å²) < 4.78 is 0. The van der Waals surface area contributed by atoms with Crippen molar-refractivity contribution >= 4 is 29.5 Å². The van der Waals surface area contributed by atoms with Gasteiger partial charge in [0.1, 0.15) is 0 Å². The molecular formula is C21H31N3O3S. The van der Waals surface area contributed by atoms with Crippen LogP contribution < -0.4 is 16.0 Å². The Hall–Kier alpha value is -2.02. The second kappa shape index (κ2) is 12.4. The number of benzene rings is 1. The van der Waals surface area contributed by atoms with E-state index in [2.05, 4.69) is 16.0 Å². The molecule has 0 heterocycles. The Morgan fingerprint density at radius 1 is 0.964 bits per heavy atom. The summed E-state index contributed by atoms with van der Waals surface area (Å²) in [7, 11) is 0. The first-order valence-corrected chi connectivity index (χ1v) is 11.1. The number of hydrogen-bond donors (Lipinski definition) is 3. The number of rotatable bonds is 8. The fourth-order valence-corrected chi connectivity index (χ4v) is 4.17. The van der Waals surface area contributed by atoms with Gasteiger partial charge in [-0.15, -0.1) is 11.8 Å². The number of likely N-dealkylation sites (N-methyl/N-ethyl adjacent to an activating group) is 1. The zero-order valence-corrected chi connectivity index (χ0v) is 17.4. The van der Waals surface area contributed by atoms with E-state index in [0.29, 0.717) is 12.1 Å². The van der Waals surface area contributed by atoms with E-state index in [1.165, 1.54) is 43.9 Å². The SMILES string of the molecule is CCNC(=O)CNC(=O)c1ccccc1SCC(=O)NC1CCCCCCC1. The van der Waals surface area contributed by atoms with E-state index in [9.17, 15) is 14.4 Å². The van der Waals surface area contributed by atoms with Gasteiger partial charge in [0.15, 0.2) is 0 Å². The number of carbonyl (C=O) groups excluding carboxylic acids is 3. The molecule has 6 nitrogen and oxygen atoms in total. The Morgan fingerprint density at radius 3 is 2.36 bits per heavy atom. The molecule has 3 amide bonds. The summed E-state index contributed by atoms with van der Waals surface area (Å²) in [5.74, 6) is -0.251. The highest BCUT2D eigenvalue weighted by Gasteiger charge is 2.16. The van der Waals surface area contributed by atoms with Crippen LogP contribution in [0, 0.1) is 0 Å². The summed E-state index contributed by atoms with van der Waals surface area (Å²) in [5.41, 5.74) is 0.482. The fraction of sp³-hybridized carbons (Fsp3) is 0.571. The highest BCUT2D eigenvalue weighted by atomic mass is 32.2. The van der Waals surface area contributed by atoms with Crippen molar-refractivity contribution in [2.75, 3.05) is 18.8 Å². The Labute approximate surface area is 171 Å². The first-order chi connectivity index (χ1) is 13.6. The molecule has 0 aromatic heterocycles. The summed E-state index contributed by atoms with van der Waals surface area (Å²) >= 11 is 1.35. The van der Waals surface area contributed by atoms with Crippen molar-refractivity contribution in [2.24, 2.45) is 0 Å². The molecule has 1 aromatic carbocycles. The van der Waals surface area contributed by atoms with Crippen molar-refractivity contribution in [1.29, 1.82) is 0 Å². The van der Waals surface area contributed by atoms with Crippen LogP contribution in [0.4, 0.5) is 0 Å². The van der Waals surface area contributed by atoms with E-state index in [0.717, 1.165) is 17.7 Å². The van der Waals surface area contributed by atoms with Gasteiger partial charge < -0.3 is 16.0 Å². The summed E-state index contributed by atoms with van der Waals surface area (Å²) in [6, 6.07) is 7.43. The quantitative estimate of drug-likeness (QED) is 0.581. The fourth-order valence-electron chi connectivity index (χ4n) is 3.31. The molecule has 7 heteroatoms. The van der Waals surface area contributed by atoms with Crippen LogP contribution in [0.2, 0.25) is 0 Å². The number of hydrogen-bond acceptors (Lipinski definition) is 4. The first-order valence-electron chi connectivity index (χ1n) is 10.2. The lowest BCUT2D eigenvalue weighted by Gasteiger charge is -2.21. The summed E-state index contributed by atoms with van der Waals surface area (Å²) in [5, 5.41) is 8.41. The number of carbonyl (C=O) groups is 3. The number of nitrogens with one attached hydrogen (secondary N) is 3. The van der Waals surface area contributed by atoms with Crippen molar-refractivity contribution in [2.45, 2.75) is 62.8 Å². The Bertz CT molecular complexity index is 658. The van der Waals surface area contributed by atoms with Crippen LogP contribution >= 0.6 is 11.8 Å². The molecule has 0 spiro atoms.